The molecule has 0 amide bonds. The van der Waals surface area contributed by atoms with Crippen LogP contribution in [0.25, 0.3) is 11.1 Å². The number of hydrogen-bond donors (Lipinski definition) is 1. The average molecular weight is 474 g/mol. The van der Waals surface area contributed by atoms with Crippen LogP contribution in [0.2, 0.25) is 0 Å². The number of aliphatic hydroxyl groups excluding tert-OH is 1. The van der Waals surface area contributed by atoms with Gasteiger partial charge in [0.1, 0.15) is 29.4 Å². The molecule has 0 saturated carbocycles. The van der Waals surface area contributed by atoms with Crippen molar-refractivity contribution in [3.05, 3.63) is 76.9 Å². The minimum atomic E-state index is -0.943. The number of carbonyl (C=O) groups excluding carboxylic acids is 2. The summed E-state index contributed by atoms with van der Waals surface area (Å²) in [5.41, 5.74) is 2.53. The highest BCUT2D eigenvalue weighted by Crippen LogP contribution is 2.34. The number of ketones is 1. The van der Waals surface area contributed by atoms with Crippen molar-refractivity contribution in [2.24, 2.45) is 5.41 Å². The quantitative estimate of drug-likeness (QED) is 0.285. The molecule has 3 aromatic rings. The normalized spacial score (nSPS) is 12.1. The summed E-state index contributed by atoms with van der Waals surface area (Å²) < 4.78 is 6.48. The second kappa shape index (κ2) is 10.7. The number of benzene rings is 2. The summed E-state index contributed by atoms with van der Waals surface area (Å²) in [6.07, 6.45) is 0.527. The van der Waals surface area contributed by atoms with Gasteiger partial charge in [-0.15, -0.1) is 0 Å². The highest BCUT2D eigenvalue weighted by molar-refractivity contribution is 6.41. The van der Waals surface area contributed by atoms with E-state index in [-0.39, 0.29) is 12.1 Å². The van der Waals surface area contributed by atoms with Gasteiger partial charge < -0.3 is 14.4 Å². The van der Waals surface area contributed by atoms with Crippen LogP contribution in [0.3, 0.4) is 0 Å². The third-order valence-corrected chi connectivity index (χ3v) is 5.86. The molecular weight excluding hydrogens is 442 g/mol. The van der Waals surface area contributed by atoms with E-state index in [1.807, 2.05) is 64.1 Å². The second-order valence-corrected chi connectivity index (χ2v) is 9.55. The molecule has 0 aliphatic heterocycles. The van der Waals surface area contributed by atoms with Crippen molar-refractivity contribution in [1.82, 2.24) is 9.55 Å². The van der Waals surface area contributed by atoms with Gasteiger partial charge in [0, 0.05) is 12.0 Å². The molecule has 0 bridgehead atoms. The molecule has 0 radical (unpaired) electrons. The van der Waals surface area contributed by atoms with Crippen molar-refractivity contribution in [2.45, 2.75) is 53.2 Å². The molecule has 182 valence electrons. The molecule has 1 aromatic heterocycles. The van der Waals surface area contributed by atoms with Gasteiger partial charge in [-0.1, -0.05) is 70.2 Å². The Morgan fingerprint density at radius 2 is 1.86 bits per heavy atom. The predicted molar refractivity (Wildman–Crippen MR) is 133 cm³/mol. The van der Waals surface area contributed by atoms with Crippen LogP contribution in [0, 0.1) is 16.7 Å². The number of hydrogen-bond acceptors (Lipinski definition) is 6. The van der Waals surface area contributed by atoms with E-state index < -0.39 is 23.3 Å². The van der Waals surface area contributed by atoms with Crippen molar-refractivity contribution in [1.29, 1.82) is 5.26 Å². The monoisotopic (exact) mass is 473 g/mol. The van der Waals surface area contributed by atoms with Gasteiger partial charge in [0.15, 0.2) is 0 Å². The Hall–Kier alpha value is -3.76. The first-order valence-corrected chi connectivity index (χ1v) is 11.6. The number of aromatic nitrogens is 2. The van der Waals surface area contributed by atoms with E-state index in [0.29, 0.717) is 29.2 Å². The van der Waals surface area contributed by atoms with Crippen LogP contribution in [0.15, 0.2) is 48.5 Å². The second-order valence-electron chi connectivity index (χ2n) is 9.55. The SMILES string of the molecule is CCCc1nc(C(O)C(C)(C)C)c(C#N)n1Cc1ccc(-c2ccccc2)c(C(=O)C(=O)OC)c1. The maximum absolute atomic E-state index is 12.9. The van der Waals surface area contributed by atoms with Crippen LogP contribution in [0.4, 0.5) is 0 Å². The van der Waals surface area contributed by atoms with Crippen molar-refractivity contribution in [2.75, 3.05) is 7.11 Å². The molecule has 0 spiro atoms. The first-order chi connectivity index (χ1) is 16.6. The minimum Gasteiger partial charge on any atom is -0.463 e. The summed E-state index contributed by atoms with van der Waals surface area (Å²) in [5, 5.41) is 20.9. The first-order valence-electron chi connectivity index (χ1n) is 11.6. The fourth-order valence-electron chi connectivity index (χ4n) is 3.96. The molecule has 1 atom stereocenters. The molecule has 0 saturated heterocycles. The third-order valence-electron chi connectivity index (χ3n) is 5.86. The molecular formula is C28H31N3O4. The lowest BCUT2D eigenvalue weighted by Gasteiger charge is -2.24. The lowest BCUT2D eigenvalue weighted by Crippen LogP contribution is -2.19. The van der Waals surface area contributed by atoms with Gasteiger partial charge in [0.2, 0.25) is 0 Å². The van der Waals surface area contributed by atoms with Crippen molar-refractivity contribution >= 4 is 11.8 Å². The van der Waals surface area contributed by atoms with Crippen LogP contribution < -0.4 is 0 Å². The lowest BCUT2D eigenvalue weighted by molar-refractivity contribution is -0.135. The fourth-order valence-corrected chi connectivity index (χ4v) is 3.96. The molecule has 3 rings (SSSR count). The Bertz CT molecular complexity index is 1260. The molecule has 1 N–H and O–H groups in total. The van der Waals surface area contributed by atoms with E-state index in [1.165, 1.54) is 7.11 Å². The minimum absolute atomic E-state index is 0.228. The summed E-state index contributed by atoms with van der Waals surface area (Å²) in [5.74, 6) is -0.991. The number of aryl methyl sites for hydroxylation is 1. The highest BCUT2D eigenvalue weighted by atomic mass is 16.5. The zero-order valence-electron chi connectivity index (χ0n) is 20.8. The smallest absolute Gasteiger partial charge is 0.379 e. The largest absolute Gasteiger partial charge is 0.463 e. The number of esters is 1. The summed E-state index contributed by atoms with van der Waals surface area (Å²) in [6.45, 7) is 7.96. The average Bonchev–Trinajstić information content (AvgIpc) is 3.19. The van der Waals surface area contributed by atoms with Crippen molar-refractivity contribution in [3.8, 4) is 17.2 Å². The molecule has 7 heteroatoms. The maximum atomic E-state index is 12.9. The summed E-state index contributed by atoms with van der Waals surface area (Å²) in [4.78, 5) is 29.7. The summed E-state index contributed by atoms with van der Waals surface area (Å²) in [7, 11) is 1.18. The molecule has 1 unspecified atom stereocenters. The number of nitriles is 1. The van der Waals surface area contributed by atoms with Gasteiger partial charge in [-0.3, -0.25) is 4.79 Å². The van der Waals surface area contributed by atoms with Gasteiger partial charge in [-0.05, 0) is 34.6 Å². The molecule has 0 aliphatic rings. The Balaban J connectivity index is 2.13. The molecule has 0 aliphatic carbocycles. The van der Waals surface area contributed by atoms with Crippen LogP contribution in [0.1, 0.15) is 73.4 Å². The standard InChI is InChI=1S/C28H31N3O4/c1-6-10-23-30-24(26(33)28(2,3)4)22(16-29)31(23)17-18-13-14-20(19-11-8-7-9-12-19)21(15-18)25(32)27(34)35-5/h7-9,11-15,26,33H,6,10,17H2,1-5H3. The van der Waals surface area contributed by atoms with E-state index in [1.54, 1.807) is 16.7 Å². The number of methoxy groups -OCH3 is 1. The Labute approximate surface area is 206 Å². The highest BCUT2D eigenvalue weighted by Gasteiger charge is 2.31. The molecule has 0 fully saturated rings. The van der Waals surface area contributed by atoms with Gasteiger partial charge in [-0.25, -0.2) is 9.78 Å². The third kappa shape index (κ3) is 5.50. The van der Waals surface area contributed by atoms with E-state index in [2.05, 4.69) is 11.1 Å². The van der Waals surface area contributed by atoms with Crippen molar-refractivity contribution < 1.29 is 19.4 Å². The predicted octanol–water partition coefficient (Wildman–Crippen LogP) is 4.86. The molecule has 7 nitrogen and oxygen atoms in total. The molecule has 1 heterocycles. The zero-order valence-corrected chi connectivity index (χ0v) is 20.8. The van der Waals surface area contributed by atoms with E-state index in [9.17, 15) is 20.0 Å². The van der Waals surface area contributed by atoms with Crippen LogP contribution >= 0.6 is 0 Å². The Kier molecular flexibility index (Phi) is 7.88. The van der Waals surface area contributed by atoms with Gasteiger partial charge in [0.25, 0.3) is 5.78 Å². The number of Topliss-reactive ketones (excluding diaryl/α,β-unsaturated/α-hetero) is 1. The number of carbonyl (C=O) groups is 2. The zero-order chi connectivity index (χ0) is 25.8. The van der Waals surface area contributed by atoms with Gasteiger partial charge >= 0.3 is 5.97 Å². The Morgan fingerprint density at radius 3 is 2.43 bits per heavy atom. The van der Waals surface area contributed by atoms with E-state index in [0.717, 1.165) is 17.5 Å². The number of aliphatic hydroxyl groups is 1. The number of nitrogens with zero attached hydrogens (tertiary/aromatic N) is 3. The number of imidazole rings is 1. The lowest BCUT2D eigenvalue weighted by atomic mass is 9.86. The van der Waals surface area contributed by atoms with Gasteiger partial charge in [-0.2, -0.15) is 5.26 Å². The van der Waals surface area contributed by atoms with E-state index >= 15 is 0 Å². The van der Waals surface area contributed by atoms with Crippen LogP contribution in [0.5, 0.6) is 0 Å². The fraction of sp³-hybridized carbons (Fsp3) is 0.357. The molecule has 35 heavy (non-hydrogen) atoms. The van der Waals surface area contributed by atoms with Crippen LogP contribution in [-0.4, -0.2) is 33.5 Å². The molecule has 2 aromatic carbocycles. The van der Waals surface area contributed by atoms with Crippen molar-refractivity contribution in [3.63, 3.8) is 0 Å². The number of rotatable bonds is 8. The maximum Gasteiger partial charge on any atom is 0.379 e. The van der Waals surface area contributed by atoms with Crippen LogP contribution in [-0.2, 0) is 22.5 Å². The Morgan fingerprint density at radius 1 is 1.17 bits per heavy atom. The topological polar surface area (TPSA) is 105 Å². The summed E-state index contributed by atoms with van der Waals surface area (Å²) in [6, 6.07) is 16.9. The van der Waals surface area contributed by atoms with E-state index in [4.69, 9.17) is 4.74 Å². The number of ether oxygens (including phenoxy) is 1. The first kappa shape index (κ1) is 25.9. The van der Waals surface area contributed by atoms with Gasteiger partial charge in [0.05, 0.1) is 13.7 Å². The summed E-state index contributed by atoms with van der Waals surface area (Å²) >= 11 is 0.